The summed E-state index contributed by atoms with van der Waals surface area (Å²) in [6.07, 6.45) is 1.83. The van der Waals surface area contributed by atoms with E-state index in [2.05, 4.69) is 25.1 Å². The van der Waals surface area contributed by atoms with Crippen molar-refractivity contribution in [3.8, 4) is 0 Å². The Morgan fingerprint density at radius 3 is 2.72 bits per heavy atom. The molecule has 0 aliphatic carbocycles. The van der Waals surface area contributed by atoms with Gasteiger partial charge in [-0.2, -0.15) is 14.6 Å². The molecule has 9 heteroatoms. The monoisotopic (exact) mass is 391 g/mol. The molecular formula is C20H21N7O2. The van der Waals surface area contributed by atoms with E-state index < -0.39 is 0 Å². The van der Waals surface area contributed by atoms with Crippen LogP contribution in [0.2, 0.25) is 0 Å². The second kappa shape index (κ2) is 7.16. The fourth-order valence-electron chi connectivity index (χ4n) is 3.81. The Kier molecular flexibility index (Phi) is 4.34. The van der Waals surface area contributed by atoms with Crippen molar-refractivity contribution in [3.05, 3.63) is 54.0 Å². The van der Waals surface area contributed by atoms with E-state index in [-0.39, 0.29) is 12.0 Å². The molecule has 2 aliphatic rings. The first-order valence-electron chi connectivity index (χ1n) is 9.68. The third kappa shape index (κ3) is 3.28. The molecule has 148 valence electrons. The van der Waals surface area contributed by atoms with Crippen LogP contribution in [0, 0.1) is 6.92 Å². The first-order valence-corrected chi connectivity index (χ1v) is 9.68. The topological polar surface area (TPSA) is 88.2 Å². The van der Waals surface area contributed by atoms with Crippen LogP contribution >= 0.6 is 0 Å². The summed E-state index contributed by atoms with van der Waals surface area (Å²) in [6, 6.07) is 11.9. The van der Waals surface area contributed by atoms with Gasteiger partial charge in [-0.3, -0.25) is 4.79 Å². The van der Waals surface area contributed by atoms with Gasteiger partial charge in [0, 0.05) is 44.4 Å². The number of carbonyl (C=O) groups is 1. The molecule has 1 unspecified atom stereocenters. The van der Waals surface area contributed by atoms with Crippen LogP contribution in [-0.4, -0.2) is 62.3 Å². The van der Waals surface area contributed by atoms with Crippen LogP contribution in [0.4, 0.5) is 5.82 Å². The molecule has 1 atom stereocenters. The van der Waals surface area contributed by atoms with Crippen molar-refractivity contribution in [2.24, 2.45) is 5.16 Å². The number of aromatic nitrogens is 4. The molecule has 0 saturated carbocycles. The molecule has 2 aromatic heterocycles. The minimum absolute atomic E-state index is 0.0418. The molecule has 2 aliphatic heterocycles. The fraction of sp³-hybridized carbons (Fsp3) is 0.350. The van der Waals surface area contributed by atoms with E-state index in [1.807, 2.05) is 48.2 Å². The number of nitrogens with zero attached hydrogens (tertiary/aromatic N) is 7. The van der Waals surface area contributed by atoms with Crippen molar-refractivity contribution in [1.82, 2.24) is 24.5 Å². The first-order chi connectivity index (χ1) is 14.2. The van der Waals surface area contributed by atoms with E-state index in [0.717, 1.165) is 17.1 Å². The minimum atomic E-state index is -0.183. The highest BCUT2D eigenvalue weighted by Crippen LogP contribution is 2.28. The van der Waals surface area contributed by atoms with Crippen LogP contribution in [0.15, 0.2) is 47.9 Å². The van der Waals surface area contributed by atoms with Gasteiger partial charge in [0.05, 0.1) is 0 Å². The molecule has 1 aromatic carbocycles. The molecule has 5 rings (SSSR count). The first kappa shape index (κ1) is 17.6. The second-order valence-corrected chi connectivity index (χ2v) is 7.25. The SMILES string of the molecule is Cc1cc(N2CCN(C(=O)C3=NOC(c4ccccc4)C3)CC2)n2ncnc2n1. The molecule has 0 N–H and O–H groups in total. The van der Waals surface area contributed by atoms with Crippen molar-refractivity contribution in [1.29, 1.82) is 0 Å². The highest BCUT2D eigenvalue weighted by molar-refractivity contribution is 6.39. The average Bonchev–Trinajstić information content (AvgIpc) is 3.43. The Labute approximate surface area is 167 Å². The number of anilines is 1. The summed E-state index contributed by atoms with van der Waals surface area (Å²) in [5.41, 5.74) is 2.42. The van der Waals surface area contributed by atoms with Crippen LogP contribution in [0.1, 0.15) is 23.8 Å². The molecule has 1 amide bonds. The Hall–Kier alpha value is -3.49. The standard InChI is InChI=1S/C20H21N7O2/c1-14-11-18(27-20(23-14)21-13-22-27)25-7-9-26(10-8-25)19(28)16-12-17(29-24-16)15-5-3-2-4-6-15/h2-6,11,13,17H,7-10,12H2,1H3. The van der Waals surface area contributed by atoms with E-state index in [9.17, 15) is 4.79 Å². The molecular weight excluding hydrogens is 370 g/mol. The number of fused-ring (bicyclic) bond motifs is 1. The number of piperazine rings is 1. The highest BCUT2D eigenvalue weighted by atomic mass is 16.6. The lowest BCUT2D eigenvalue weighted by molar-refractivity contribution is -0.124. The van der Waals surface area contributed by atoms with Gasteiger partial charge in [0.2, 0.25) is 0 Å². The molecule has 9 nitrogen and oxygen atoms in total. The molecule has 0 bridgehead atoms. The number of oxime groups is 1. The number of amides is 1. The van der Waals surface area contributed by atoms with E-state index in [0.29, 0.717) is 44.1 Å². The van der Waals surface area contributed by atoms with Crippen molar-refractivity contribution in [3.63, 3.8) is 0 Å². The highest BCUT2D eigenvalue weighted by Gasteiger charge is 2.32. The minimum Gasteiger partial charge on any atom is -0.387 e. The molecule has 4 heterocycles. The summed E-state index contributed by atoms with van der Waals surface area (Å²) in [5, 5.41) is 8.35. The van der Waals surface area contributed by atoms with Gasteiger partial charge in [0.15, 0.2) is 6.10 Å². The van der Waals surface area contributed by atoms with Gasteiger partial charge < -0.3 is 14.6 Å². The van der Waals surface area contributed by atoms with E-state index in [1.165, 1.54) is 6.33 Å². The average molecular weight is 391 g/mol. The fourth-order valence-corrected chi connectivity index (χ4v) is 3.81. The van der Waals surface area contributed by atoms with Crippen LogP contribution < -0.4 is 4.90 Å². The van der Waals surface area contributed by atoms with Crippen LogP contribution in [0.25, 0.3) is 5.78 Å². The summed E-state index contributed by atoms with van der Waals surface area (Å²) in [7, 11) is 0. The van der Waals surface area contributed by atoms with E-state index in [4.69, 9.17) is 4.84 Å². The normalized spacial score (nSPS) is 19.3. The summed E-state index contributed by atoms with van der Waals surface area (Å²) in [4.78, 5) is 31.0. The molecule has 3 aromatic rings. The van der Waals surface area contributed by atoms with Gasteiger partial charge in [0.1, 0.15) is 17.9 Å². The number of rotatable bonds is 3. The third-order valence-electron chi connectivity index (χ3n) is 5.34. The maximum atomic E-state index is 12.9. The van der Waals surface area contributed by atoms with Crippen molar-refractivity contribution < 1.29 is 9.63 Å². The van der Waals surface area contributed by atoms with Crippen molar-refractivity contribution in [2.45, 2.75) is 19.4 Å². The number of aryl methyl sites for hydroxylation is 1. The summed E-state index contributed by atoms with van der Waals surface area (Å²) >= 11 is 0. The molecule has 1 fully saturated rings. The van der Waals surface area contributed by atoms with Crippen LogP contribution in [-0.2, 0) is 9.63 Å². The number of hydrogen-bond acceptors (Lipinski definition) is 7. The lowest BCUT2D eigenvalue weighted by Gasteiger charge is -2.35. The summed E-state index contributed by atoms with van der Waals surface area (Å²) in [5.74, 6) is 1.49. The smallest absolute Gasteiger partial charge is 0.271 e. The zero-order chi connectivity index (χ0) is 19.8. The molecule has 0 spiro atoms. The van der Waals surface area contributed by atoms with Crippen LogP contribution in [0.5, 0.6) is 0 Å². The third-order valence-corrected chi connectivity index (χ3v) is 5.34. The van der Waals surface area contributed by atoms with Gasteiger partial charge in [-0.05, 0) is 12.5 Å². The molecule has 1 saturated heterocycles. The maximum absolute atomic E-state index is 12.9. The zero-order valence-corrected chi connectivity index (χ0v) is 16.1. The predicted octanol–water partition coefficient (Wildman–Crippen LogP) is 1.60. The zero-order valence-electron chi connectivity index (χ0n) is 16.1. The summed E-state index contributed by atoms with van der Waals surface area (Å²) in [6.45, 7) is 4.59. The quantitative estimate of drug-likeness (QED) is 0.674. The van der Waals surface area contributed by atoms with Gasteiger partial charge in [-0.1, -0.05) is 35.5 Å². The second-order valence-electron chi connectivity index (χ2n) is 7.25. The maximum Gasteiger partial charge on any atom is 0.271 e. The Morgan fingerprint density at radius 2 is 1.93 bits per heavy atom. The van der Waals surface area contributed by atoms with E-state index >= 15 is 0 Å². The lowest BCUT2D eigenvalue weighted by atomic mass is 10.0. The van der Waals surface area contributed by atoms with Gasteiger partial charge >= 0.3 is 0 Å². The predicted molar refractivity (Wildman–Crippen MR) is 107 cm³/mol. The van der Waals surface area contributed by atoms with Crippen molar-refractivity contribution in [2.75, 3.05) is 31.1 Å². The Balaban J connectivity index is 1.24. The number of benzene rings is 1. The van der Waals surface area contributed by atoms with E-state index in [1.54, 1.807) is 4.52 Å². The van der Waals surface area contributed by atoms with Gasteiger partial charge in [0.25, 0.3) is 11.7 Å². The van der Waals surface area contributed by atoms with Crippen molar-refractivity contribution >= 4 is 23.2 Å². The summed E-state index contributed by atoms with van der Waals surface area (Å²) < 4.78 is 1.74. The van der Waals surface area contributed by atoms with Gasteiger partial charge in [-0.15, -0.1) is 0 Å². The largest absolute Gasteiger partial charge is 0.387 e. The lowest BCUT2D eigenvalue weighted by Crippen LogP contribution is -2.51. The Morgan fingerprint density at radius 1 is 1.14 bits per heavy atom. The Bertz CT molecular complexity index is 1070. The molecule has 29 heavy (non-hydrogen) atoms. The number of carbonyl (C=O) groups excluding carboxylic acids is 1. The van der Waals surface area contributed by atoms with Gasteiger partial charge in [-0.25, -0.2) is 4.98 Å². The van der Waals surface area contributed by atoms with Crippen LogP contribution in [0.3, 0.4) is 0 Å². The molecule has 0 radical (unpaired) electrons. The number of hydrogen-bond donors (Lipinski definition) is 0.